The molecule has 1 nitrogen and oxygen atoms in total. The van der Waals surface area contributed by atoms with E-state index in [1.54, 1.807) is 11.1 Å². The standard InChI is InChI=1S/C15H25N.C2H6/c1-11(2)13-4-6-14(7-5-13)12(3)15-8-9-16-10-15;1-2/h4,6,11-12,15-16H,5,7-10H2,1-3H3;1-2H3. The highest BCUT2D eigenvalue weighted by molar-refractivity contribution is 5.26. The van der Waals surface area contributed by atoms with E-state index in [0.29, 0.717) is 0 Å². The number of nitrogens with one attached hydrogen (secondary N) is 1. The SMILES string of the molecule is CC.CC(C)C1=CC=C(C(C)C2CCNC2)CC1. The van der Waals surface area contributed by atoms with Gasteiger partial charge in [-0.25, -0.2) is 0 Å². The van der Waals surface area contributed by atoms with Crippen molar-refractivity contribution in [2.24, 2.45) is 17.8 Å². The highest BCUT2D eigenvalue weighted by Crippen LogP contribution is 2.33. The average molecular weight is 249 g/mol. The van der Waals surface area contributed by atoms with Crippen molar-refractivity contribution in [3.05, 3.63) is 23.3 Å². The van der Waals surface area contributed by atoms with Gasteiger partial charge in [-0.05, 0) is 50.1 Å². The molecule has 1 heterocycles. The largest absolute Gasteiger partial charge is 0.316 e. The van der Waals surface area contributed by atoms with Gasteiger partial charge in [-0.1, -0.05) is 57.9 Å². The molecule has 1 N–H and O–H groups in total. The first-order valence-electron chi connectivity index (χ1n) is 7.78. The second kappa shape index (κ2) is 7.78. The second-order valence-electron chi connectivity index (χ2n) is 5.68. The molecule has 2 atom stereocenters. The summed E-state index contributed by atoms with van der Waals surface area (Å²) in [5.74, 6) is 2.38. The third-order valence-corrected chi connectivity index (χ3v) is 4.35. The van der Waals surface area contributed by atoms with Gasteiger partial charge in [0.2, 0.25) is 0 Å². The zero-order valence-corrected chi connectivity index (χ0v) is 12.9. The van der Waals surface area contributed by atoms with Gasteiger partial charge in [0.25, 0.3) is 0 Å². The van der Waals surface area contributed by atoms with Crippen molar-refractivity contribution in [2.45, 2.75) is 53.9 Å². The minimum atomic E-state index is 0.723. The monoisotopic (exact) mass is 249 g/mol. The van der Waals surface area contributed by atoms with Crippen molar-refractivity contribution in [3.63, 3.8) is 0 Å². The van der Waals surface area contributed by atoms with Crippen LogP contribution in [0.3, 0.4) is 0 Å². The predicted octanol–water partition coefficient (Wildman–Crippen LogP) is 4.56. The van der Waals surface area contributed by atoms with Gasteiger partial charge in [0.05, 0.1) is 0 Å². The molecule has 1 saturated heterocycles. The molecule has 0 radical (unpaired) electrons. The molecule has 104 valence electrons. The number of hydrogen-bond donors (Lipinski definition) is 1. The Balaban J connectivity index is 0.000000771. The summed E-state index contributed by atoms with van der Waals surface area (Å²) >= 11 is 0. The van der Waals surface area contributed by atoms with Crippen LogP contribution in [0.25, 0.3) is 0 Å². The van der Waals surface area contributed by atoms with Crippen LogP contribution in [0.4, 0.5) is 0 Å². The molecule has 2 rings (SSSR count). The Labute approximate surface area is 114 Å². The fourth-order valence-electron chi connectivity index (χ4n) is 2.94. The molecular formula is C17H31N. The normalized spacial score (nSPS) is 25.1. The highest BCUT2D eigenvalue weighted by atomic mass is 14.9. The van der Waals surface area contributed by atoms with Crippen LogP contribution in [0.1, 0.15) is 53.9 Å². The molecule has 1 aliphatic carbocycles. The topological polar surface area (TPSA) is 12.0 Å². The van der Waals surface area contributed by atoms with E-state index in [-0.39, 0.29) is 0 Å². The van der Waals surface area contributed by atoms with Crippen molar-refractivity contribution in [2.75, 3.05) is 13.1 Å². The van der Waals surface area contributed by atoms with Crippen LogP contribution in [-0.2, 0) is 0 Å². The van der Waals surface area contributed by atoms with Gasteiger partial charge in [-0.2, -0.15) is 0 Å². The van der Waals surface area contributed by atoms with Crippen LogP contribution in [0.15, 0.2) is 23.3 Å². The fraction of sp³-hybridized carbons (Fsp3) is 0.765. The molecule has 2 aliphatic rings. The first kappa shape index (κ1) is 15.5. The van der Waals surface area contributed by atoms with Crippen LogP contribution in [0.2, 0.25) is 0 Å². The smallest absolute Gasteiger partial charge is 0.00144 e. The summed E-state index contributed by atoms with van der Waals surface area (Å²) in [7, 11) is 0. The van der Waals surface area contributed by atoms with Crippen molar-refractivity contribution in [1.82, 2.24) is 5.32 Å². The van der Waals surface area contributed by atoms with Gasteiger partial charge in [0, 0.05) is 0 Å². The second-order valence-corrected chi connectivity index (χ2v) is 5.68. The number of rotatable bonds is 3. The summed E-state index contributed by atoms with van der Waals surface area (Å²) in [6.07, 6.45) is 8.72. The van der Waals surface area contributed by atoms with E-state index in [4.69, 9.17) is 0 Å². The minimum Gasteiger partial charge on any atom is -0.316 e. The van der Waals surface area contributed by atoms with Crippen LogP contribution in [0, 0.1) is 17.8 Å². The number of hydrogen-bond acceptors (Lipinski definition) is 1. The molecule has 18 heavy (non-hydrogen) atoms. The summed E-state index contributed by atoms with van der Waals surface area (Å²) < 4.78 is 0. The van der Waals surface area contributed by atoms with Gasteiger partial charge in [-0.15, -0.1) is 0 Å². The molecule has 1 aliphatic heterocycles. The first-order valence-corrected chi connectivity index (χ1v) is 7.78. The Morgan fingerprint density at radius 3 is 2.11 bits per heavy atom. The summed E-state index contributed by atoms with van der Waals surface area (Å²) in [6, 6.07) is 0. The Morgan fingerprint density at radius 2 is 1.67 bits per heavy atom. The fourth-order valence-corrected chi connectivity index (χ4v) is 2.94. The van der Waals surface area contributed by atoms with Crippen molar-refractivity contribution < 1.29 is 0 Å². The maximum absolute atomic E-state index is 3.48. The summed E-state index contributed by atoms with van der Waals surface area (Å²) in [5, 5.41) is 3.48. The van der Waals surface area contributed by atoms with E-state index in [1.165, 1.54) is 32.4 Å². The van der Waals surface area contributed by atoms with Crippen molar-refractivity contribution in [1.29, 1.82) is 0 Å². The summed E-state index contributed by atoms with van der Waals surface area (Å²) in [5.41, 5.74) is 3.30. The van der Waals surface area contributed by atoms with Gasteiger partial charge >= 0.3 is 0 Å². The van der Waals surface area contributed by atoms with Crippen LogP contribution < -0.4 is 5.32 Å². The lowest BCUT2D eigenvalue weighted by molar-refractivity contribution is 0.426. The maximum atomic E-state index is 3.48. The van der Waals surface area contributed by atoms with E-state index in [2.05, 4.69) is 38.2 Å². The van der Waals surface area contributed by atoms with Gasteiger partial charge < -0.3 is 5.32 Å². The lowest BCUT2D eigenvalue weighted by atomic mass is 9.80. The maximum Gasteiger partial charge on any atom is -0.00144 e. The Bertz CT molecular complexity index is 293. The van der Waals surface area contributed by atoms with E-state index in [0.717, 1.165) is 17.8 Å². The van der Waals surface area contributed by atoms with E-state index >= 15 is 0 Å². The molecular weight excluding hydrogens is 218 g/mol. The number of allylic oxidation sites excluding steroid dienone is 4. The van der Waals surface area contributed by atoms with Crippen molar-refractivity contribution in [3.8, 4) is 0 Å². The Hall–Kier alpha value is -0.560. The zero-order chi connectivity index (χ0) is 13.5. The minimum absolute atomic E-state index is 0.723. The molecule has 0 bridgehead atoms. The van der Waals surface area contributed by atoms with Crippen LogP contribution >= 0.6 is 0 Å². The summed E-state index contributed by atoms with van der Waals surface area (Å²) in [6.45, 7) is 13.5. The van der Waals surface area contributed by atoms with Gasteiger partial charge in [-0.3, -0.25) is 0 Å². The van der Waals surface area contributed by atoms with Crippen molar-refractivity contribution >= 4 is 0 Å². The van der Waals surface area contributed by atoms with Crippen LogP contribution in [-0.4, -0.2) is 13.1 Å². The Morgan fingerprint density at radius 1 is 1.06 bits per heavy atom. The summed E-state index contributed by atoms with van der Waals surface area (Å²) in [4.78, 5) is 0. The predicted molar refractivity (Wildman–Crippen MR) is 81.7 cm³/mol. The third-order valence-electron chi connectivity index (χ3n) is 4.35. The quantitative estimate of drug-likeness (QED) is 0.773. The van der Waals surface area contributed by atoms with Gasteiger partial charge in [0.15, 0.2) is 0 Å². The molecule has 0 aromatic carbocycles. The van der Waals surface area contributed by atoms with E-state index in [1.807, 2.05) is 13.8 Å². The van der Waals surface area contributed by atoms with Crippen LogP contribution in [0.5, 0.6) is 0 Å². The molecule has 1 heteroatoms. The molecule has 0 saturated carbocycles. The lowest BCUT2D eigenvalue weighted by Gasteiger charge is -2.25. The average Bonchev–Trinajstić information content (AvgIpc) is 2.94. The lowest BCUT2D eigenvalue weighted by Crippen LogP contribution is -2.18. The van der Waals surface area contributed by atoms with E-state index in [9.17, 15) is 0 Å². The zero-order valence-electron chi connectivity index (χ0n) is 12.9. The molecule has 0 amide bonds. The highest BCUT2D eigenvalue weighted by Gasteiger charge is 2.24. The van der Waals surface area contributed by atoms with E-state index < -0.39 is 0 Å². The Kier molecular flexibility index (Phi) is 6.70. The molecule has 0 aromatic rings. The van der Waals surface area contributed by atoms with Gasteiger partial charge in [0.1, 0.15) is 0 Å². The molecule has 1 fully saturated rings. The third kappa shape index (κ3) is 3.98. The molecule has 0 spiro atoms. The molecule has 2 unspecified atom stereocenters. The molecule has 0 aromatic heterocycles. The first-order chi connectivity index (χ1) is 8.68.